The summed E-state index contributed by atoms with van der Waals surface area (Å²) in [6.07, 6.45) is 6.66. The van der Waals surface area contributed by atoms with E-state index in [4.69, 9.17) is 4.84 Å². The van der Waals surface area contributed by atoms with Crippen molar-refractivity contribution in [1.82, 2.24) is 5.32 Å². The minimum Gasteiger partial charge on any atom is -0.508 e. The van der Waals surface area contributed by atoms with Crippen LogP contribution >= 0.6 is 0 Å². The van der Waals surface area contributed by atoms with Crippen LogP contribution in [0.25, 0.3) is 0 Å². The quantitative estimate of drug-likeness (QED) is 0.310. The fourth-order valence-corrected chi connectivity index (χ4v) is 8.60. The summed E-state index contributed by atoms with van der Waals surface area (Å²) in [6.45, 7) is 3.76. The minimum absolute atomic E-state index is 0.0268. The first-order chi connectivity index (χ1) is 19.0. The van der Waals surface area contributed by atoms with E-state index in [0.29, 0.717) is 32.2 Å². The Morgan fingerprint density at radius 1 is 1.12 bits per heavy atom. The maximum atomic E-state index is 12.6. The highest BCUT2D eigenvalue weighted by Gasteiger charge is 2.68. The predicted molar refractivity (Wildman–Crippen MR) is 148 cm³/mol. The molecular formula is C31H42N2O7. The molecule has 3 fully saturated rings. The van der Waals surface area contributed by atoms with Crippen LogP contribution in [0.15, 0.2) is 41.1 Å². The molecule has 0 spiro atoms. The summed E-state index contributed by atoms with van der Waals surface area (Å²) in [5.74, 6) is -0.235. The second kappa shape index (κ2) is 10.9. The van der Waals surface area contributed by atoms with Crippen LogP contribution in [0.2, 0.25) is 0 Å². The van der Waals surface area contributed by atoms with Crippen molar-refractivity contribution < 1.29 is 34.9 Å². The van der Waals surface area contributed by atoms with Crippen LogP contribution in [-0.4, -0.2) is 69.3 Å². The summed E-state index contributed by atoms with van der Waals surface area (Å²) in [5, 5.41) is 48.9. The number of fused-ring (bicyclic) bond motifs is 5. The number of nitrogens with one attached hydrogen (secondary N) is 1. The number of phenols is 1. The Balaban J connectivity index is 1.20. The van der Waals surface area contributed by atoms with Gasteiger partial charge in [0.1, 0.15) is 18.0 Å². The number of nitrogens with zero attached hydrogens (tertiary/aromatic N) is 1. The molecule has 0 unspecified atom stereocenters. The van der Waals surface area contributed by atoms with Crippen molar-refractivity contribution in [3.05, 3.63) is 41.5 Å². The van der Waals surface area contributed by atoms with Crippen LogP contribution in [-0.2, 0) is 20.8 Å². The molecule has 0 bridgehead atoms. The molecule has 1 amide bonds. The summed E-state index contributed by atoms with van der Waals surface area (Å²) in [4.78, 5) is 30.2. The van der Waals surface area contributed by atoms with Crippen molar-refractivity contribution in [3.63, 3.8) is 0 Å². The van der Waals surface area contributed by atoms with E-state index >= 15 is 0 Å². The number of phenolic OH excluding ortho intramolecular Hbond substituents is 1. The van der Waals surface area contributed by atoms with Crippen molar-refractivity contribution in [2.45, 2.75) is 76.9 Å². The highest BCUT2D eigenvalue weighted by atomic mass is 16.6. The number of hydrogen-bond acceptors (Lipinski definition) is 8. The zero-order valence-corrected chi connectivity index (χ0v) is 23.4. The zero-order valence-electron chi connectivity index (χ0n) is 23.4. The van der Waals surface area contributed by atoms with Gasteiger partial charge in [0.25, 0.3) is 5.91 Å². The van der Waals surface area contributed by atoms with E-state index in [1.54, 1.807) is 12.1 Å². The smallest absolute Gasteiger partial charge is 0.260 e. The fourth-order valence-electron chi connectivity index (χ4n) is 8.60. The van der Waals surface area contributed by atoms with Gasteiger partial charge in [0.2, 0.25) is 0 Å². The van der Waals surface area contributed by atoms with E-state index in [1.807, 2.05) is 19.1 Å². The summed E-state index contributed by atoms with van der Waals surface area (Å²) >= 11 is 0. The monoisotopic (exact) mass is 554 g/mol. The molecule has 1 aromatic rings. The first-order valence-corrected chi connectivity index (χ1v) is 14.5. The molecule has 0 aliphatic heterocycles. The van der Waals surface area contributed by atoms with Gasteiger partial charge >= 0.3 is 0 Å². The molecule has 0 saturated heterocycles. The van der Waals surface area contributed by atoms with Crippen LogP contribution in [0, 0.1) is 28.6 Å². The van der Waals surface area contributed by atoms with Crippen LogP contribution in [0.5, 0.6) is 5.75 Å². The molecule has 5 rings (SSSR count). The van der Waals surface area contributed by atoms with E-state index in [0.717, 1.165) is 37.0 Å². The number of carbonyl (C=O) groups excluding carboxylic acids is 2. The second-order valence-electron chi connectivity index (χ2n) is 12.7. The Morgan fingerprint density at radius 3 is 2.60 bits per heavy atom. The Bertz CT molecular complexity index is 1200. The van der Waals surface area contributed by atoms with Crippen LogP contribution < -0.4 is 5.32 Å². The van der Waals surface area contributed by atoms with Crippen molar-refractivity contribution in [1.29, 1.82) is 0 Å². The molecule has 40 heavy (non-hydrogen) atoms. The predicted octanol–water partition coefficient (Wildman–Crippen LogP) is 2.65. The molecule has 4 aliphatic carbocycles. The topological polar surface area (TPSA) is 149 Å². The number of aromatic hydroxyl groups is 1. The van der Waals surface area contributed by atoms with Gasteiger partial charge in [-0.2, -0.15) is 0 Å². The van der Waals surface area contributed by atoms with Crippen LogP contribution in [0.1, 0.15) is 64.4 Å². The Labute approximate surface area is 235 Å². The van der Waals surface area contributed by atoms with Crippen LogP contribution in [0.3, 0.4) is 0 Å². The first-order valence-electron chi connectivity index (χ1n) is 14.5. The van der Waals surface area contributed by atoms with Crippen molar-refractivity contribution >= 4 is 17.4 Å². The number of oxime groups is 1. The highest BCUT2D eigenvalue weighted by Crippen LogP contribution is 2.67. The number of benzene rings is 1. The highest BCUT2D eigenvalue weighted by molar-refractivity contribution is 5.96. The molecule has 1 aromatic carbocycles. The molecule has 0 heterocycles. The maximum Gasteiger partial charge on any atom is 0.260 e. The van der Waals surface area contributed by atoms with E-state index < -0.39 is 29.5 Å². The van der Waals surface area contributed by atoms with Crippen molar-refractivity contribution in [2.24, 2.45) is 33.7 Å². The average Bonchev–Trinajstić information content (AvgIpc) is 3.20. The van der Waals surface area contributed by atoms with Gasteiger partial charge in [-0.1, -0.05) is 36.7 Å². The third kappa shape index (κ3) is 4.86. The third-order valence-corrected chi connectivity index (χ3v) is 10.7. The Morgan fingerprint density at radius 2 is 1.88 bits per heavy atom. The van der Waals surface area contributed by atoms with Crippen molar-refractivity contribution in [2.75, 3.05) is 19.8 Å². The normalized spacial score (nSPS) is 37.6. The van der Waals surface area contributed by atoms with Gasteiger partial charge in [-0.15, -0.1) is 0 Å². The standard InChI is InChI=1S/C31H42N2O7/c1-29-12-9-21(33-40-18-27(38)32-14-11-19-3-6-22(35)7-4-19)15-20(29)5-8-23-24-10-13-31(39,26(37)17-34)30(24,2)16-25(36)28(23)29/h3-4,6-7,15,23-25,28,34-36,39H,5,8-14,16-18H2,1-2H3,(H,32,38)/b33-21-/t23-,24-,25-,28+,29-,30-,31-/m0/s1. The molecule has 4 aliphatic rings. The average molecular weight is 555 g/mol. The summed E-state index contributed by atoms with van der Waals surface area (Å²) in [7, 11) is 0. The van der Waals surface area contributed by atoms with Gasteiger partial charge in [0.05, 0.1) is 11.8 Å². The number of aliphatic hydroxyl groups excluding tert-OH is 2. The lowest BCUT2D eigenvalue weighted by atomic mass is 9.45. The number of hydrogen-bond donors (Lipinski definition) is 5. The lowest BCUT2D eigenvalue weighted by molar-refractivity contribution is -0.181. The maximum absolute atomic E-state index is 12.6. The van der Waals surface area contributed by atoms with Gasteiger partial charge in [-0.25, -0.2) is 0 Å². The summed E-state index contributed by atoms with van der Waals surface area (Å²) < 4.78 is 0. The summed E-state index contributed by atoms with van der Waals surface area (Å²) in [5.41, 5.74) is 0.503. The number of Topliss-reactive ketones (excluding diaryl/α,β-unsaturated/α-hetero) is 1. The number of carbonyl (C=O) groups is 2. The second-order valence-corrected chi connectivity index (χ2v) is 12.7. The van der Waals surface area contributed by atoms with Gasteiger partial charge in [0, 0.05) is 12.0 Å². The summed E-state index contributed by atoms with van der Waals surface area (Å²) in [6, 6.07) is 6.87. The van der Waals surface area contributed by atoms with Crippen molar-refractivity contribution in [3.8, 4) is 5.75 Å². The van der Waals surface area contributed by atoms with E-state index in [1.165, 1.54) is 5.57 Å². The lowest BCUT2D eigenvalue weighted by Gasteiger charge is -2.60. The molecule has 0 radical (unpaired) electrons. The number of ketones is 1. The molecule has 9 heteroatoms. The molecule has 0 aromatic heterocycles. The van der Waals surface area contributed by atoms with E-state index in [2.05, 4.69) is 23.5 Å². The molecular weight excluding hydrogens is 512 g/mol. The minimum atomic E-state index is -1.59. The molecule has 9 nitrogen and oxygen atoms in total. The molecule has 7 atom stereocenters. The molecule has 5 N–H and O–H groups in total. The number of aliphatic hydroxyl groups is 3. The Kier molecular flexibility index (Phi) is 7.85. The van der Waals surface area contributed by atoms with Gasteiger partial charge in [0.15, 0.2) is 12.4 Å². The third-order valence-electron chi connectivity index (χ3n) is 10.7. The van der Waals surface area contributed by atoms with Gasteiger partial charge in [-0.05, 0) is 98.3 Å². The SMILES string of the molecule is C[C@]12CC/C(=N/OCC(=O)NCCc3ccc(O)cc3)C=C1CC[C@@H]1[C@@H]2[C@@H](O)C[C@@]2(C)[C@H]1CC[C@]2(O)C(=O)CO. The number of rotatable bonds is 8. The van der Waals surface area contributed by atoms with E-state index in [-0.39, 0.29) is 41.4 Å². The van der Waals surface area contributed by atoms with Crippen LogP contribution in [0.4, 0.5) is 0 Å². The molecule has 3 saturated carbocycles. The molecule has 218 valence electrons. The largest absolute Gasteiger partial charge is 0.508 e. The first kappa shape index (κ1) is 28.8. The zero-order chi connectivity index (χ0) is 28.7. The van der Waals surface area contributed by atoms with E-state index in [9.17, 15) is 30.0 Å². The fraction of sp³-hybridized carbons (Fsp3) is 0.645. The number of allylic oxidation sites excluding steroid dienone is 2. The van der Waals surface area contributed by atoms with Gasteiger partial charge in [-0.3, -0.25) is 9.59 Å². The van der Waals surface area contributed by atoms with Gasteiger partial charge < -0.3 is 30.6 Å². The Hall–Kier alpha value is -2.75. The lowest BCUT2D eigenvalue weighted by Crippen LogP contribution is -2.62. The number of amides is 1.